The maximum Gasteiger partial charge on any atom is 0.0361 e. The summed E-state index contributed by atoms with van der Waals surface area (Å²) in [7, 11) is 0. The first kappa shape index (κ1) is 35.4. The van der Waals surface area contributed by atoms with Crippen molar-refractivity contribution in [1.29, 1.82) is 0 Å². The molecule has 270 valence electrons. The highest BCUT2D eigenvalue weighted by Crippen LogP contribution is 2.52. The quantitative estimate of drug-likeness (QED) is 0.149. The predicted molar refractivity (Wildman–Crippen MR) is 248 cm³/mol. The van der Waals surface area contributed by atoms with Gasteiger partial charge in [-0.2, -0.15) is 0 Å². The zero-order chi connectivity index (χ0) is 38.6. The Bertz CT molecular complexity index is 3050. The number of allylic oxidation sites excluding steroid dienone is 4. The van der Waals surface area contributed by atoms with E-state index in [2.05, 4.69) is 199 Å². The van der Waals surface area contributed by atoms with Crippen LogP contribution >= 0.6 is 11.3 Å². The molecule has 0 bridgehead atoms. The van der Waals surface area contributed by atoms with E-state index < -0.39 is 0 Å². The first-order valence-corrected chi connectivity index (χ1v) is 20.2. The zero-order valence-corrected chi connectivity index (χ0v) is 33.3. The average Bonchev–Trinajstić information content (AvgIpc) is 3.72. The third-order valence-electron chi connectivity index (χ3n) is 11.8. The molecule has 0 saturated carbocycles. The van der Waals surface area contributed by atoms with E-state index in [1.54, 1.807) is 0 Å². The van der Waals surface area contributed by atoms with Gasteiger partial charge >= 0.3 is 0 Å². The first-order chi connectivity index (χ1) is 27.3. The molecule has 1 aliphatic rings. The van der Waals surface area contributed by atoms with Gasteiger partial charge in [0.1, 0.15) is 0 Å². The summed E-state index contributed by atoms with van der Waals surface area (Å²) in [5.74, 6) is 0. The van der Waals surface area contributed by atoms with Gasteiger partial charge in [-0.15, -0.1) is 11.3 Å². The van der Waals surface area contributed by atoms with Gasteiger partial charge in [0.05, 0.1) is 0 Å². The van der Waals surface area contributed by atoms with Gasteiger partial charge < -0.3 is 0 Å². The highest BCUT2D eigenvalue weighted by Gasteiger charge is 2.36. The summed E-state index contributed by atoms with van der Waals surface area (Å²) in [6.07, 6.45) is 6.51. The lowest BCUT2D eigenvalue weighted by atomic mass is 9.81. The SMILES string of the molecule is C=Cc1ccccc1C(=C)c1ccccccc(/C(C)=C/C(=C\C)c2ccc3c(c2)-c2cc4c(ccc5sc6ccccc6c54)cc2C3(C)C)c2ccccc12. The molecule has 1 aliphatic carbocycles. The predicted octanol–water partition coefficient (Wildman–Crippen LogP) is 16.0. The molecule has 1 heterocycles. The Labute approximate surface area is 334 Å². The summed E-state index contributed by atoms with van der Waals surface area (Å²) in [5, 5.41) is 7.68. The molecule has 8 aromatic rings. The lowest BCUT2D eigenvalue weighted by Gasteiger charge is -2.22. The largest absolute Gasteiger partial charge is 0.135 e. The Hall–Kier alpha value is -6.28. The Morgan fingerprint density at radius 1 is 0.589 bits per heavy atom. The molecule has 7 aromatic carbocycles. The fourth-order valence-corrected chi connectivity index (χ4v) is 10.0. The van der Waals surface area contributed by atoms with Gasteiger partial charge in [0.25, 0.3) is 0 Å². The number of thiophene rings is 1. The van der Waals surface area contributed by atoms with Gasteiger partial charge in [-0.05, 0) is 133 Å². The Kier molecular flexibility index (Phi) is 8.92. The Morgan fingerprint density at radius 2 is 1.23 bits per heavy atom. The van der Waals surface area contributed by atoms with Gasteiger partial charge in [-0.3, -0.25) is 0 Å². The molecule has 0 nitrogen and oxygen atoms in total. The van der Waals surface area contributed by atoms with Crippen LogP contribution in [0.25, 0.3) is 75.6 Å². The van der Waals surface area contributed by atoms with Crippen molar-refractivity contribution in [3.8, 4) is 11.1 Å². The minimum atomic E-state index is -0.0995. The smallest absolute Gasteiger partial charge is 0.0361 e. The zero-order valence-electron chi connectivity index (χ0n) is 32.5. The minimum Gasteiger partial charge on any atom is -0.135 e. The third-order valence-corrected chi connectivity index (χ3v) is 12.9. The van der Waals surface area contributed by atoms with Crippen LogP contribution in [0.1, 0.15) is 66.6 Å². The van der Waals surface area contributed by atoms with Crippen LogP contribution in [0.2, 0.25) is 0 Å². The molecular formula is C55H44S. The summed E-state index contributed by atoms with van der Waals surface area (Å²) in [4.78, 5) is 0. The van der Waals surface area contributed by atoms with Crippen molar-refractivity contribution in [2.24, 2.45) is 0 Å². The number of hydrogen-bond donors (Lipinski definition) is 0. The summed E-state index contributed by atoms with van der Waals surface area (Å²) in [5.41, 5.74) is 14.4. The molecule has 0 spiro atoms. The lowest BCUT2D eigenvalue weighted by molar-refractivity contribution is 0.661. The summed E-state index contributed by atoms with van der Waals surface area (Å²) in [6.45, 7) is 17.9. The fourth-order valence-electron chi connectivity index (χ4n) is 8.88. The van der Waals surface area contributed by atoms with Gasteiger partial charge in [-0.1, -0.05) is 167 Å². The molecular weight excluding hydrogens is 693 g/mol. The molecule has 0 aliphatic heterocycles. The molecule has 1 heteroatoms. The minimum absolute atomic E-state index is 0.0995. The summed E-state index contributed by atoms with van der Waals surface area (Å²) in [6, 6.07) is 55.4. The number of fused-ring (bicyclic) bond motifs is 9. The molecule has 0 radical (unpaired) electrons. The van der Waals surface area contributed by atoms with E-state index in [1.165, 1.54) is 80.9 Å². The van der Waals surface area contributed by atoms with E-state index in [1.807, 2.05) is 23.5 Å². The molecule has 0 atom stereocenters. The standard InChI is InChI=1S/C55H44S/c1-7-37-19-13-14-21-42(37)36(4)43-22-12-10-9-11-20-41(44-23-15-16-24-45(43)44)35(3)31-38(8-2)39-27-29-50-48(32-39)49-34-47-40(33-51(49)55(50,5)6)28-30-53-54(47)46-25-17-18-26-52(46)56-53/h7-34H,1,4H2,2-3,5-6H3/b10-9?,11-9?,12-10?,20-11?,22-12?,35-31+,38-8+,41-20?,43-22?,44-41?,45-43?. The van der Waals surface area contributed by atoms with Crippen LogP contribution in [0.15, 0.2) is 177 Å². The van der Waals surface area contributed by atoms with Crippen LogP contribution in [0.5, 0.6) is 0 Å². The van der Waals surface area contributed by atoms with Crippen molar-refractivity contribution >= 4 is 75.8 Å². The number of rotatable bonds is 6. The van der Waals surface area contributed by atoms with Crippen molar-refractivity contribution in [2.75, 3.05) is 0 Å². The third kappa shape index (κ3) is 5.83. The number of benzene rings is 6. The van der Waals surface area contributed by atoms with E-state index in [0.29, 0.717) is 0 Å². The molecule has 0 fully saturated rings. The van der Waals surface area contributed by atoms with Crippen LogP contribution in [-0.2, 0) is 5.41 Å². The average molecular weight is 737 g/mol. The van der Waals surface area contributed by atoms with Crippen LogP contribution in [0, 0.1) is 0 Å². The van der Waals surface area contributed by atoms with Crippen LogP contribution in [-0.4, -0.2) is 0 Å². The molecule has 9 rings (SSSR count). The monoisotopic (exact) mass is 736 g/mol. The van der Waals surface area contributed by atoms with E-state index in [9.17, 15) is 0 Å². The molecule has 0 unspecified atom stereocenters. The Morgan fingerprint density at radius 3 is 2.00 bits per heavy atom. The second-order valence-electron chi connectivity index (χ2n) is 15.4. The van der Waals surface area contributed by atoms with Gasteiger partial charge in [-0.25, -0.2) is 0 Å². The van der Waals surface area contributed by atoms with Crippen LogP contribution in [0.3, 0.4) is 0 Å². The lowest BCUT2D eigenvalue weighted by Crippen LogP contribution is -2.14. The second kappa shape index (κ2) is 14.1. The normalized spacial score (nSPS) is 13.5. The molecule has 1 aromatic heterocycles. The van der Waals surface area contributed by atoms with Gasteiger partial charge in [0, 0.05) is 25.6 Å². The number of hydrogen-bond acceptors (Lipinski definition) is 1. The molecule has 0 amide bonds. The van der Waals surface area contributed by atoms with Crippen molar-refractivity contribution in [3.05, 3.63) is 216 Å². The first-order valence-electron chi connectivity index (χ1n) is 19.4. The van der Waals surface area contributed by atoms with Crippen LogP contribution < -0.4 is 0 Å². The van der Waals surface area contributed by atoms with Crippen LogP contribution in [0.4, 0.5) is 0 Å². The van der Waals surface area contributed by atoms with E-state index >= 15 is 0 Å². The highest BCUT2D eigenvalue weighted by atomic mass is 32.1. The van der Waals surface area contributed by atoms with Crippen molar-refractivity contribution in [3.63, 3.8) is 0 Å². The van der Waals surface area contributed by atoms with E-state index in [-0.39, 0.29) is 5.41 Å². The van der Waals surface area contributed by atoms with E-state index in [4.69, 9.17) is 0 Å². The molecule has 56 heavy (non-hydrogen) atoms. The molecule has 0 N–H and O–H groups in total. The van der Waals surface area contributed by atoms with Crippen molar-refractivity contribution < 1.29 is 0 Å². The fraction of sp³-hybridized carbons (Fsp3) is 0.0909. The Balaban J connectivity index is 1.18. The van der Waals surface area contributed by atoms with Crippen molar-refractivity contribution in [1.82, 2.24) is 0 Å². The highest BCUT2D eigenvalue weighted by molar-refractivity contribution is 7.26. The summed E-state index contributed by atoms with van der Waals surface area (Å²) < 4.78 is 2.69. The van der Waals surface area contributed by atoms with Gasteiger partial charge in [0.15, 0.2) is 0 Å². The summed E-state index contributed by atoms with van der Waals surface area (Å²) >= 11 is 1.89. The topological polar surface area (TPSA) is 0 Å². The molecule has 0 saturated heterocycles. The van der Waals surface area contributed by atoms with Gasteiger partial charge in [0.2, 0.25) is 0 Å². The maximum absolute atomic E-state index is 4.64. The second-order valence-corrected chi connectivity index (χ2v) is 16.4. The maximum atomic E-state index is 4.64. The van der Waals surface area contributed by atoms with E-state index in [0.717, 1.165) is 27.6 Å². The van der Waals surface area contributed by atoms with Crippen molar-refractivity contribution in [2.45, 2.75) is 33.1 Å².